The summed E-state index contributed by atoms with van der Waals surface area (Å²) in [4.78, 5) is 0. The summed E-state index contributed by atoms with van der Waals surface area (Å²) in [5, 5.41) is 7.38. The molecule has 0 unspecified atom stereocenters. The van der Waals surface area contributed by atoms with Gasteiger partial charge in [-0.25, -0.2) is 0 Å². The average Bonchev–Trinajstić information content (AvgIpc) is 3.03. The monoisotopic (exact) mass is 250 g/mol. The van der Waals surface area contributed by atoms with Crippen molar-refractivity contribution in [1.29, 1.82) is 0 Å². The molecule has 0 amide bonds. The first-order chi connectivity index (χ1) is 8.90. The van der Waals surface area contributed by atoms with Crippen LogP contribution in [-0.2, 0) is 6.54 Å². The predicted molar refractivity (Wildman–Crippen MR) is 73.2 cm³/mol. The van der Waals surface area contributed by atoms with E-state index in [1.165, 1.54) is 51.4 Å². The van der Waals surface area contributed by atoms with Crippen LogP contribution in [0.15, 0.2) is 16.8 Å². The van der Waals surface area contributed by atoms with Gasteiger partial charge in [-0.1, -0.05) is 44.2 Å². The van der Waals surface area contributed by atoms with Crippen LogP contribution >= 0.6 is 0 Å². The van der Waals surface area contributed by atoms with Gasteiger partial charge in [0.1, 0.15) is 5.76 Å². The zero-order chi connectivity index (χ0) is 12.6. The molecule has 0 saturated heterocycles. The Morgan fingerprint density at radius 1 is 1.33 bits per heavy atom. The quantitative estimate of drug-likeness (QED) is 0.711. The van der Waals surface area contributed by atoms with Crippen molar-refractivity contribution < 1.29 is 4.52 Å². The van der Waals surface area contributed by atoms with E-state index in [1.807, 2.05) is 6.07 Å². The second-order valence-electron chi connectivity index (χ2n) is 5.51. The van der Waals surface area contributed by atoms with Gasteiger partial charge in [0.25, 0.3) is 0 Å². The van der Waals surface area contributed by atoms with E-state index >= 15 is 0 Å². The zero-order valence-electron chi connectivity index (χ0n) is 11.5. The third-order valence-electron chi connectivity index (χ3n) is 4.12. The first-order valence-corrected chi connectivity index (χ1v) is 7.53. The van der Waals surface area contributed by atoms with Gasteiger partial charge >= 0.3 is 0 Å². The second kappa shape index (κ2) is 7.57. The molecule has 2 rings (SSSR count). The predicted octanol–water partition coefficient (Wildman–Crippen LogP) is 3.90. The fourth-order valence-corrected chi connectivity index (χ4v) is 3.05. The van der Waals surface area contributed by atoms with E-state index in [0.29, 0.717) is 6.04 Å². The van der Waals surface area contributed by atoms with E-state index in [-0.39, 0.29) is 0 Å². The molecule has 1 aliphatic rings. The van der Waals surface area contributed by atoms with Gasteiger partial charge < -0.3 is 9.84 Å². The third kappa shape index (κ3) is 4.13. The molecular formula is C15H26N2O. The van der Waals surface area contributed by atoms with Gasteiger partial charge in [-0.2, -0.15) is 0 Å². The lowest BCUT2D eigenvalue weighted by Gasteiger charge is -2.20. The van der Waals surface area contributed by atoms with Crippen LogP contribution in [0.2, 0.25) is 0 Å². The summed E-state index contributed by atoms with van der Waals surface area (Å²) in [5.74, 6) is 1.83. The number of nitrogens with one attached hydrogen (secondary N) is 1. The van der Waals surface area contributed by atoms with Crippen LogP contribution in [-0.4, -0.2) is 11.2 Å². The number of hydrogen-bond donors (Lipinski definition) is 1. The van der Waals surface area contributed by atoms with Crippen LogP contribution in [0, 0.1) is 5.92 Å². The SMILES string of the molecule is CCCCCC[C@@H]1CCC[C@H]1NCc1ccno1. The third-order valence-corrected chi connectivity index (χ3v) is 4.12. The smallest absolute Gasteiger partial charge is 0.150 e. The molecule has 3 nitrogen and oxygen atoms in total. The molecule has 0 bridgehead atoms. The topological polar surface area (TPSA) is 38.1 Å². The molecule has 0 aromatic carbocycles. The largest absolute Gasteiger partial charge is 0.360 e. The average molecular weight is 250 g/mol. The molecule has 2 atom stereocenters. The van der Waals surface area contributed by atoms with Gasteiger partial charge in [-0.05, 0) is 25.2 Å². The Kier molecular flexibility index (Phi) is 5.72. The molecule has 0 spiro atoms. The van der Waals surface area contributed by atoms with Crippen LogP contribution in [0.1, 0.15) is 64.1 Å². The highest BCUT2D eigenvalue weighted by atomic mass is 16.5. The highest BCUT2D eigenvalue weighted by molar-refractivity contribution is 4.94. The lowest BCUT2D eigenvalue weighted by molar-refractivity contribution is 0.329. The first kappa shape index (κ1) is 13.6. The summed E-state index contributed by atoms with van der Waals surface area (Å²) < 4.78 is 5.13. The molecule has 0 aliphatic heterocycles. The van der Waals surface area contributed by atoms with E-state index in [4.69, 9.17) is 4.52 Å². The van der Waals surface area contributed by atoms with Gasteiger partial charge in [-0.15, -0.1) is 0 Å². The van der Waals surface area contributed by atoms with E-state index < -0.39 is 0 Å². The summed E-state index contributed by atoms with van der Waals surface area (Å²) in [6, 6.07) is 2.63. The fraction of sp³-hybridized carbons (Fsp3) is 0.800. The molecule has 1 aromatic heterocycles. The Morgan fingerprint density at radius 3 is 3.06 bits per heavy atom. The minimum absolute atomic E-state index is 0.691. The number of aromatic nitrogens is 1. The number of rotatable bonds is 8. The molecule has 1 aliphatic carbocycles. The molecule has 102 valence electrons. The van der Waals surface area contributed by atoms with Crippen molar-refractivity contribution in [2.24, 2.45) is 5.92 Å². The summed E-state index contributed by atoms with van der Waals surface area (Å²) in [6.07, 6.45) is 12.8. The normalized spacial score (nSPS) is 23.6. The van der Waals surface area contributed by atoms with Crippen LogP contribution < -0.4 is 5.32 Å². The standard InChI is InChI=1S/C15H26N2O/c1-2-3-4-5-7-13-8-6-9-15(13)16-12-14-10-11-17-18-14/h10-11,13,15-16H,2-9,12H2,1H3/t13-,15-/m1/s1. The van der Waals surface area contributed by atoms with Gasteiger partial charge in [0.05, 0.1) is 12.7 Å². The molecule has 1 heterocycles. The van der Waals surface area contributed by atoms with Crippen molar-refractivity contribution in [1.82, 2.24) is 10.5 Å². The molecule has 1 aromatic rings. The van der Waals surface area contributed by atoms with Crippen LogP contribution in [0.4, 0.5) is 0 Å². The molecule has 1 saturated carbocycles. The van der Waals surface area contributed by atoms with Crippen molar-refractivity contribution in [2.75, 3.05) is 0 Å². The van der Waals surface area contributed by atoms with Gasteiger partial charge in [-0.3, -0.25) is 0 Å². The van der Waals surface area contributed by atoms with Crippen LogP contribution in [0.3, 0.4) is 0 Å². The second-order valence-corrected chi connectivity index (χ2v) is 5.51. The highest BCUT2D eigenvalue weighted by Gasteiger charge is 2.26. The van der Waals surface area contributed by atoms with Crippen molar-refractivity contribution in [3.63, 3.8) is 0 Å². The van der Waals surface area contributed by atoms with E-state index in [2.05, 4.69) is 17.4 Å². The Hall–Kier alpha value is -0.830. The van der Waals surface area contributed by atoms with Crippen molar-refractivity contribution in [3.8, 4) is 0 Å². The maximum Gasteiger partial charge on any atom is 0.150 e. The highest BCUT2D eigenvalue weighted by Crippen LogP contribution is 2.30. The van der Waals surface area contributed by atoms with Gasteiger partial charge in [0, 0.05) is 12.1 Å². The summed E-state index contributed by atoms with van der Waals surface area (Å²) in [5.41, 5.74) is 0. The Labute approximate surface area is 110 Å². The number of unbranched alkanes of at least 4 members (excludes halogenated alkanes) is 3. The summed E-state index contributed by atoms with van der Waals surface area (Å²) in [7, 11) is 0. The molecule has 3 heteroatoms. The van der Waals surface area contributed by atoms with Gasteiger partial charge in [0.15, 0.2) is 0 Å². The maximum absolute atomic E-state index is 5.13. The number of nitrogens with zero attached hydrogens (tertiary/aromatic N) is 1. The zero-order valence-corrected chi connectivity index (χ0v) is 11.5. The van der Waals surface area contributed by atoms with E-state index in [1.54, 1.807) is 6.20 Å². The minimum Gasteiger partial charge on any atom is -0.360 e. The van der Waals surface area contributed by atoms with Crippen LogP contribution in [0.5, 0.6) is 0 Å². The summed E-state index contributed by atoms with van der Waals surface area (Å²) in [6.45, 7) is 3.10. The molecule has 1 fully saturated rings. The number of hydrogen-bond acceptors (Lipinski definition) is 3. The van der Waals surface area contributed by atoms with Crippen LogP contribution in [0.25, 0.3) is 0 Å². The Balaban J connectivity index is 1.67. The minimum atomic E-state index is 0.691. The lowest BCUT2D eigenvalue weighted by Crippen LogP contribution is -2.31. The van der Waals surface area contributed by atoms with Crippen molar-refractivity contribution in [3.05, 3.63) is 18.0 Å². The van der Waals surface area contributed by atoms with E-state index in [0.717, 1.165) is 18.2 Å². The lowest BCUT2D eigenvalue weighted by atomic mass is 9.96. The first-order valence-electron chi connectivity index (χ1n) is 7.53. The molecular weight excluding hydrogens is 224 g/mol. The van der Waals surface area contributed by atoms with E-state index in [9.17, 15) is 0 Å². The molecule has 0 radical (unpaired) electrons. The van der Waals surface area contributed by atoms with Gasteiger partial charge in [0.2, 0.25) is 0 Å². The Bertz CT molecular complexity index is 310. The summed E-state index contributed by atoms with van der Waals surface area (Å²) >= 11 is 0. The molecule has 1 N–H and O–H groups in total. The van der Waals surface area contributed by atoms with Crippen molar-refractivity contribution >= 4 is 0 Å². The Morgan fingerprint density at radius 2 is 2.28 bits per heavy atom. The molecule has 18 heavy (non-hydrogen) atoms. The fourth-order valence-electron chi connectivity index (χ4n) is 3.05. The van der Waals surface area contributed by atoms with Crippen molar-refractivity contribution in [2.45, 2.75) is 70.9 Å². The maximum atomic E-state index is 5.13.